The third-order valence-corrected chi connectivity index (χ3v) is 4.95. The van der Waals surface area contributed by atoms with E-state index in [0.717, 1.165) is 6.04 Å². The number of hydrogen-bond donors (Lipinski definition) is 0. The molecule has 0 spiro atoms. The highest BCUT2D eigenvalue weighted by molar-refractivity contribution is 5.55. The highest BCUT2D eigenvalue weighted by Gasteiger charge is 2.27. The van der Waals surface area contributed by atoms with Crippen molar-refractivity contribution in [1.82, 2.24) is 4.90 Å². The van der Waals surface area contributed by atoms with Crippen LogP contribution in [0.5, 0.6) is 0 Å². The fourth-order valence-corrected chi connectivity index (χ4v) is 3.85. The molecule has 3 rings (SSSR count). The van der Waals surface area contributed by atoms with E-state index in [1.54, 1.807) is 0 Å². The molecule has 2 aliphatic heterocycles. The molecule has 1 aromatic rings. The van der Waals surface area contributed by atoms with Gasteiger partial charge in [-0.3, -0.25) is 4.90 Å². The van der Waals surface area contributed by atoms with Crippen molar-refractivity contribution in [2.75, 3.05) is 31.1 Å². The van der Waals surface area contributed by atoms with Gasteiger partial charge in [0.2, 0.25) is 0 Å². The van der Waals surface area contributed by atoms with Gasteiger partial charge in [-0.25, -0.2) is 0 Å². The summed E-state index contributed by atoms with van der Waals surface area (Å²) < 4.78 is 0. The van der Waals surface area contributed by atoms with E-state index in [0.29, 0.717) is 5.92 Å². The van der Waals surface area contributed by atoms with E-state index >= 15 is 0 Å². The Labute approximate surface area is 123 Å². The second-order valence-corrected chi connectivity index (χ2v) is 6.70. The molecule has 0 bridgehead atoms. The van der Waals surface area contributed by atoms with Crippen LogP contribution in [0.25, 0.3) is 0 Å². The predicted molar refractivity (Wildman–Crippen MR) is 86.6 cm³/mol. The number of benzene rings is 1. The second kappa shape index (κ2) is 6.17. The zero-order chi connectivity index (χ0) is 13.9. The number of fused-ring (bicyclic) bond motifs is 1. The van der Waals surface area contributed by atoms with Crippen molar-refractivity contribution in [2.45, 2.75) is 51.5 Å². The average molecular weight is 272 g/mol. The summed E-state index contributed by atoms with van der Waals surface area (Å²) in [6, 6.07) is 9.80. The number of rotatable bonds is 2. The molecule has 20 heavy (non-hydrogen) atoms. The number of para-hydroxylation sites is 1. The normalized spacial score (nSPS) is 24.6. The summed E-state index contributed by atoms with van der Waals surface area (Å²) in [6.07, 6.45) is 5.52. The molecule has 2 heterocycles. The average Bonchev–Trinajstić information content (AvgIpc) is 2.69. The topological polar surface area (TPSA) is 6.48 Å². The van der Waals surface area contributed by atoms with Gasteiger partial charge in [-0.1, -0.05) is 38.5 Å². The molecule has 2 saturated heterocycles. The van der Waals surface area contributed by atoms with Crippen molar-refractivity contribution < 1.29 is 0 Å². The monoisotopic (exact) mass is 272 g/mol. The first-order chi connectivity index (χ1) is 9.75. The number of nitrogens with zero attached hydrogens (tertiary/aromatic N) is 2. The van der Waals surface area contributed by atoms with Gasteiger partial charge in [-0.05, 0) is 43.4 Å². The number of hydrogen-bond acceptors (Lipinski definition) is 2. The lowest BCUT2D eigenvalue weighted by molar-refractivity contribution is 0.162. The lowest BCUT2D eigenvalue weighted by Crippen LogP contribution is -2.44. The van der Waals surface area contributed by atoms with Crippen LogP contribution in [0, 0.1) is 0 Å². The fraction of sp³-hybridized carbons (Fsp3) is 0.667. The van der Waals surface area contributed by atoms with Crippen molar-refractivity contribution in [1.29, 1.82) is 0 Å². The van der Waals surface area contributed by atoms with E-state index in [2.05, 4.69) is 47.9 Å². The minimum atomic E-state index is 0.608. The van der Waals surface area contributed by atoms with E-state index in [9.17, 15) is 0 Å². The summed E-state index contributed by atoms with van der Waals surface area (Å²) in [4.78, 5) is 5.40. The summed E-state index contributed by atoms with van der Waals surface area (Å²) in [7, 11) is 0. The Morgan fingerprint density at radius 1 is 1.00 bits per heavy atom. The standard InChI is InChI=1S/C18H28N2/c1-15(2)17-9-3-4-10-18(17)20-13-7-12-19-11-6-5-8-16(19)14-20/h3-4,9-10,15-16H,5-8,11-14H2,1-2H3. The van der Waals surface area contributed by atoms with E-state index in [4.69, 9.17) is 0 Å². The summed E-state index contributed by atoms with van der Waals surface area (Å²) in [5.41, 5.74) is 2.99. The van der Waals surface area contributed by atoms with Crippen LogP contribution in [-0.4, -0.2) is 37.1 Å². The highest BCUT2D eigenvalue weighted by atomic mass is 15.2. The Balaban J connectivity index is 1.83. The van der Waals surface area contributed by atoms with Gasteiger partial charge in [-0.2, -0.15) is 0 Å². The molecule has 0 N–H and O–H groups in total. The molecule has 0 saturated carbocycles. The molecule has 0 aromatic heterocycles. The maximum Gasteiger partial charge on any atom is 0.0401 e. The van der Waals surface area contributed by atoms with Gasteiger partial charge in [0, 0.05) is 31.4 Å². The molecule has 0 aliphatic carbocycles. The molecule has 2 nitrogen and oxygen atoms in total. The Kier molecular flexibility index (Phi) is 4.30. The maximum atomic E-state index is 2.74. The third-order valence-electron chi connectivity index (χ3n) is 4.95. The van der Waals surface area contributed by atoms with E-state index in [-0.39, 0.29) is 0 Å². The molecule has 1 atom stereocenters. The predicted octanol–water partition coefficient (Wildman–Crippen LogP) is 3.87. The molecule has 1 aromatic carbocycles. The van der Waals surface area contributed by atoms with Crippen LogP contribution in [-0.2, 0) is 0 Å². The van der Waals surface area contributed by atoms with Crippen LogP contribution in [0.3, 0.4) is 0 Å². The van der Waals surface area contributed by atoms with Crippen LogP contribution in [0.15, 0.2) is 24.3 Å². The van der Waals surface area contributed by atoms with E-state index in [1.807, 2.05) is 0 Å². The Hall–Kier alpha value is -1.02. The smallest absolute Gasteiger partial charge is 0.0401 e. The minimum Gasteiger partial charge on any atom is -0.370 e. The van der Waals surface area contributed by atoms with Gasteiger partial charge < -0.3 is 4.90 Å². The number of anilines is 1. The lowest BCUT2D eigenvalue weighted by atomic mass is 9.99. The van der Waals surface area contributed by atoms with Gasteiger partial charge in [0.05, 0.1) is 0 Å². The first-order valence-corrected chi connectivity index (χ1v) is 8.33. The minimum absolute atomic E-state index is 0.608. The third kappa shape index (κ3) is 2.85. The molecule has 0 radical (unpaired) electrons. The van der Waals surface area contributed by atoms with Crippen molar-refractivity contribution in [3.8, 4) is 0 Å². The molecule has 0 amide bonds. The summed E-state index contributed by atoms with van der Waals surface area (Å²) in [6.45, 7) is 9.68. The molecule has 1 unspecified atom stereocenters. The van der Waals surface area contributed by atoms with Crippen LogP contribution in [0.1, 0.15) is 51.0 Å². The molecule has 2 heteroatoms. The van der Waals surface area contributed by atoms with Crippen molar-refractivity contribution in [3.05, 3.63) is 29.8 Å². The number of piperidine rings is 1. The molecule has 110 valence electrons. The zero-order valence-corrected chi connectivity index (χ0v) is 13.0. The van der Waals surface area contributed by atoms with Crippen LogP contribution >= 0.6 is 0 Å². The quantitative estimate of drug-likeness (QED) is 0.806. The SMILES string of the molecule is CC(C)c1ccccc1N1CCCN2CCCCC2C1. The van der Waals surface area contributed by atoms with Crippen LogP contribution in [0.2, 0.25) is 0 Å². The second-order valence-electron chi connectivity index (χ2n) is 6.70. The summed E-state index contributed by atoms with van der Waals surface area (Å²) >= 11 is 0. The fourth-order valence-electron chi connectivity index (χ4n) is 3.85. The van der Waals surface area contributed by atoms with E-state index in [1.165, 1.54) is 63.1 Å². The molecular weight excluding hydrogens is 244 g/mol. The van der Waals surface area contributed by atoms with E-state index < -0.39 is 0 Å². The Bertz CT molecular complexity index is 441. The summed E-state index contributed by atoms with van der Waals surface area (Å²) in [5, 5.41) is 0. The van der Waals surface area contributed by atoms with Gasteiger partial charge in [0.1, 0.15) is 0 Å². The Morgan fingerprint density at radius 3 is 2.65 bits per heavy atom. The summed E-state index contributed by atoms with van der Waals surface area (Å²) in [5.74, 6) is 0.608. The molecule has 2 fully saturated rings. The van der Waals surface area contributed by atoms with Crippen molar-refractivity contribution in [2.24, 2.45) is 0 Å². The largest absolute Gasteiger partial charge is 0.370 e. The first kappa shape index (κ1) is 13.9. The van der Waals surface area contributed by atoms with Gasteiger partial charge in [0.25, 0.3) is 0 Å². The Morgan fingerprint density at radius 2 is 1.80 bits per heavy atom. The van der Waals surface area contributed by atoms with Crippen molar-refractivity contribution >= 4 is 5.69 Å². The van der Waals surface area contributed by atoms with Crippen molar-refractivity contribution in [3.63, 3.8) is 0 Å². The van der Waals surface area contributed by atoms with Gasteiger partial charge in [0.15, 0.2) is 0 Å². The van der Waals surface area contributed by atoms with Gasteiger partial charge >= 0.3 is 0 Å². The van der Waals surface area contributed by atoms with Crippen LogP contribution in [0.4, 0.5) is 5.69 Å². The molecular formula is C18H28N2. The highest BCUT2D eigenvalue weighted by Crippen LogP contribution is 2.30. The molecule has 2 aliphatic rings. The lowest BCUT2D eigenvalue weighted by Gasteiger charge is -2.36. The van der Waals surface area contributed by atoms with Gasteiger partial charge in [-0.15, -0.1) is 0 Å². The maximum absolute atomic E-state index is 2.74. The zero-order valence-electron chi connectivity index (χ0n) is 13.0. The van der Waals surface area contributed by atoms with Crippen LogP contribution < -0.4 is 4.90 Å². The first-order valence-electron chi connectivity index (χ1n) is 8.33.